The molecule has 46 heavy (non-hydrogen) atoms. The molecule has 0 radical (unpaired) electrons. The molecule has 3 rings (SSSR count). The average Bonchev–Trinajstić information content (AvgIpc) is 3.00. The maximum atomic E-state index is 13.2. The predicted octanol–water partition coefficient (Wildman–Crippen LogP) is 4.52. The molecule has 13 nitrogen and oxygen atoms in total. The van der Waals surface area contributed by atoms with Crippen LogP contribution >= 0.6 is 0 Å². The number of amides is 3. The lowest BCUT2D eigenvalue weighted by molar-refractivity contribution is -0.211. The first-order valence-corrected chi connectivity index (χ1v) is 15.9. The van der Waals surface area contributed by atoms with Crippen LogP contribution in [0.15, 0.2) is 29.4 Å². The number of Topliss-reactive ketones (excluding diaryl/α,β-unsaturated/α-hetero) is 1. The molecule has 254 valence electrons. The second kappa shape index (κ2) is 17.1. The van der Waals surface area contributed by atoms with Crippen molar-refractivity contribution in [1.82, 2.24) is 15.2 Å². The third-order valence-electron chi connectivity index (χ3n) is 7.65. The van der Waals surface area contributed by atoms with Gasteiger partial charge in [0.15, 0.2) is 5.78 Å². The zero-order valence-corrected chi connectivity index (χ0v) is 27.8. The predicted molar refractivity (Wildman–Crippen MR) is 169 cm³/mol. The lowest BCUT2D eigenvalue weighted by Crippen LogP contribution is -2.49. The summed E-state index contributed by atoms with van der Waals surface area (Å²) in [5.74, 6) is -1.41. The molecule has 2 aliphatic heterocycles. The van der Waals surface area contributed by atoms with E-state index < -0.39 is 36.0 Å². The summed E-state index contributed by atoms with van der Waals surface area (Å²) in [4.78, 5) is 65.4. The van der Waals surface area contributed by atoms with Gasteiger partial charge in [0.2, 0.25) is 12.2 Å². The monoisotopic (exact) mass is 644 g/mol. The molecule has 0 spiro atoms. The Morgan fingerprint density at radius 1 is 1.02 bits per heavy atom. The van der Waals surface area contributed by atoms with Gasteiger partial charge in [-0.2, -0.15) is 5.10 Å². The van der Waals surface area contributed by atoms with Gasteiger partial charge in [0, 0.05) is 56.9 Å². The second-order valence-corrected chi connectivity index (χ2v) is 12.7. The normalized spacial score (nSPS) is 18.9. The summed E-state index contributed by atoms with van der Waals surface area (Å²) < 4.78 is 22.1. The first-order valence-electron chi connectivity index (χ1n) is 15.9. The second-order valence-electron chi connectivity index (χ2n) is 12.7. The number of nitrogens with one attached hydrogen (secondary N) is 1. The molecule has 3 amide bonds. The summed E-state index contributed by atoms with van der Waals surface area (Å²) in [6, 6.07) is 6.72. The molecule has 0 bridgehead atoms. The molecule has 2 heterocycles. The van der Waals surface area contributed by atoms with Gasteiger partial charge in [-0.1, -0.05) is 31.2 Å². The highest BCUT2D eigenvalue weighted by atomic mass is 16.7. The summed E-state index contributed by atoms with van der Waals surface area (Å²) in [5.41, 5.74) is 2.79. The summed E-state index contributed by atoms with van der Waals surface area (Å²) >= 11 is 0. The molecular weight excluding hydrogens is 596 g/mol. The fourth-order valence-electron chi connectivity index (χ4n) is 5.40. The van der Waals surface area contributed by atoms with Crippen molar-refractivity contribution in [3.63, 3.8) is 0 Å². The fraction of sp³-hybridized carbons (Fsp3) is 0.636. The Hall–Kier alpha value is -4.00. The smallest absolute Gasteiger partial charge is 0.427 e. The highest BCUT2D eigenvalue weighted by Crippen LogP contribution is 2.28. The molecule has 2 saturated heterocycles. The third-order valence-corrected chi connectivity index (χ3v) is 7.65. The minimum Gasteiger partial charge on any atom is -0.449 e. The number of carbonyl (C=O) groups is 5. The van der Waals surface area contributed by atoms with E-state index in [4.69, 9.17) is 18.9 Å². The molecule has 0 aliphatic carbocycles. The molecule has 0 saturated carbocycles. The van der Waals surface area contributed by atoms with Gasteiger partial charge in [-0.15, -0.1) is 0 Å². The van der Waals surface area contributed by atoms with Crippen molar-refractivity contribution >= 4 is 36.1 Å². The summed E-state index contributed by atoms with van der Waals surface area (Å²) in [5, 5.41) is 3.80. The van der Waals surface area contributed by atoms with Gasteiger partial charge in [0.1, 0.15) is 5.60 Å². The van der Waals surface area contributed by atoms with E-state index in [1.54, 1.807) is 47.9 Å². The van der Waals surface area contributed by atoms with Gasteiger partial charge in [-0.3, -0.25) is 14.4 Å². The quantitative estimate of drug-likeness (QED) is 0.0915. The van der Waals surface area contributed by atoms with Crippen LogP contribution in [0.4, 0.5) is 9.59 Å². The lowest BCUT2D eigenvalue weighted by Gasteiger charge is -2.39. The van der Waals surface area contributed by atoms with E-state index >= 15 is 0 Å². The minimum absolute atomic E-state index is 0.0669. The number of benzene rings is 1. The van der Waals surface area contributed by atoms with Crippen molar-refractivity contribution in [1.29, 1.82) is 0 Å². The van der Waals surface area contributed by atoms with Crippen LogP contribution in [0, 0.1) is 11.8 Å². The van der Waals surface area contributed by atoms with Crippen molar-refractivity contribution in [2.75, 3.05) is 32.8 Å². The van der Waals surface area contributed by atoms with Crippen LogP contribution in [-0.2, 0) is 28.5 Å². The van der Waals surface area contributed by atoms with Gasteiger partial charge in [-0.05, 0) is 58.9 Å². The molecule has 3 atom stereocenters. The van der Waals surface area contributed by atoms with E-state index in [0.29, 0.717) is 50.1 Å². The summed E-state index contributed by atoms with van der Waals surface area (Å²) in [6.45, 7) is 12.3. The van der Waals surface area contributed by atoms with Crippen LogP contribution < -0.4 is 5.43 Å². The molecule has 2 unspecified atom stereocenters. The van der Waals surface area contributed by atoms with Crippen LogP contribution in [0.5, 0.6) is 0 Å². The fourth-order valence-corrected chi connectivity index (χ4v) is 5.40. The van der Waals surface area contributed by atoms with E-state index in [1.165, 1.54) is 13.1 Å². The first-order chi connectivity index (χ1) is 21.8. The van der Waals surface area contributed by atoms with Gasteiger partial charge < -0.3 is 28.7 Å². The number of hydrazone groups is 1. The van der Waals surface area contributed by atoms with Crippen LogP contribution in [0.3, 0.4) is 0 Å². The topological polar surface area (TPSA) is 153 Å². The highest BCUT2D eigenvalue weighted by molar-refractivity contribution is 5.99. The number of hydrogen-bond donors (Lipinski definition) is 1. The number of ether oxygens (including phenoxy) is 4. The number of hydrogen-bond acceptors (Lipinski definition) is 10. The molecule has 1 N–H and O–H groups in total. The Kier molecular flexibility index (Phi) is 13.5. The Labute approximate surface area is 270 Å². The maximum Gasteiger partial charge on any atom is 0.427 e. The summed E-state index contributed by atoms with van der Waals surface area (Å²) in [7, 11) is 0. The zero-order valence-electron chi connectivity index (χ0n) is 27.8. The number of piperidine rings is 2. The van der Waals surface area contributed by atoms with Crippen molar-refractivity contribution in [3.05, 3.63) is 35.4 Å². The lowest BCUT2D eigenvalue weighted by atomic mass is 9.96. The Balaban J connectivity index is 1.48. The maximum absolute atomic E-state index is 13.2. The first kappa shape index (κ1) is 36.5. The summed E-state index contributed by atoms with van der Waals surface area (Å²) in [6.07, 6.45) is 2.01. The molecule has 13 heteroatoms. The van der Waals surface area contributed by atoms with Crippen molar-refractivity contribution in [2.45, 2.75) is 91.6 Å². The van der Waals surface area contributed by atoms with Crippen molar-refractivity contribution in [3.8, 4) is 0 Å². The van der Waals surface area contributed by atoms with Crippen LogP contribution in [0.25, 0.3) is 0 Å². The van der Waals surface area contributed by atoms with Crippen LogP contribution in [0.2, 0.25) is 0 Å². The number of likely N-dealkylation sites (tertiary alicyclic amines) is 2. The Morgan fingerprint density at radius 3 is 2.30 bits per heavy atom. The molecule has 2 aliphatic rings. The van der Waals surface area contributed by atoms with Crippen LogP contribution in [-0.4, -0.2) is 96.6 Å². The van der Waals surface area contributed by atoms with Gasteiger partial charge in [0.05, 0.1) is 18.9 Å². The minimum atomic E-state index is -0.807. The Bertz CT molecular complexity index is 1240. The molecule has 2 fully saturated rings. The average molecular weight is 645 g/mol. The molecule has 1 aromatic carbocycles. The third kappa shape index (κ3) is 11.7. The largest absolute Gasteiger partial charge is 0.449 e. The van der Waals surface area contributed by atoms with E-state index in [1.807, 2.05) is 20.8 Å². The standard InChI is InChI=1S/C33H48N4O9/c1-7-43-31(41)35-34-20-24-10-12-25(13-11-24)28(39)19-22(2)29(40)36-17-14-27(15-18-36)45-30(44-23(3)38)26-9-8-16-37(21-26)32(42)46-33(4,5)6/h10-13,20,22,26-27,30H,7-9,14-19,21H2,1-6H3,(H,35,41)/t22-,26?,30?/m1/s1. The number of rotatable bonds is 11. The van der Waals surface area contributed by atoms with E-state index in [9.17, 15) is 24.0 Å². The molecular formula is C33H48N4O9. The van der Waals surface area contributed by atoms with Gasteiger partial charge in [0.25, 0.3) is 0 Å². The SMILES string of the molecule is CCOC(=O)NN=Cc1ccc(C(=O)C[C@@H](C)C(=O)N2CCC(OC(OC(C)=O)C3CCCN(C(=O)OC(C)(C)C)C3)CC2)cc1. The Morgan fingerprint density at radius 2 is 1.70 bits per heavy atom. The number of ketones is 1. The number of carbonyl (C=O) groups excluding carboxylic acids is 5. The van der Waals surface area contributed by atoms with E-state index in [-0.39, 0.29) is 36.7 Å². The van der Waals surface area contributed by atoms with Crippen LogP contribution in [0.1, 0.15) is 89.6 Å². The van der Waals surface area contributed by atoms with E-state index in [2.05, 4.69) is 10.5 Å². The molecule has 0 aromatic heterocycles. The van der Waals surface area contributed by atoms with Gasteiger partial charge >= 0.3 is 18.2 Å². The van der Waals surface area contributed by atoms with Gasteiger partial charge in [-0.25, -0.2) is 15.0 Å². The number of nitrogens with zero attached hydrogens (tertiary/aromatic N) is 3. The van der Waals surface area contributed by atoms with E-state index in [0.717, 1.165) is 12.8 Å². The zero-order chi connectivity index (χ0) is 33.9. The molecule has 1 aromatic rings. The number of esters is 1. The van der Waals surface area contributed by atoms with Crippen molar-refractivity contribution < 1.29 is 42.9 Å². The van der Waals surface area contributed by atoms with Crippen molar-refractivity contribution in [2.24, 2.45) is 16.9 Å². The highest BCUT2D eigenvalue weighted by Gasteiger charge is 2.36.